The van der Waals surface area contributed by atoms with Crippen molar-refractivity contribution in [3.63, 3.8) is 0 Å². The highest BCUT2D eigenvalue weighted by atomic mass is 32.2. The van der Waals surface area contributed by atoms with Gasteiger partial charge in [-0.1, -0.05) is 18.2 Å². The molecule has 0 bridgehead atoms. The largest absolute Gasteiger partial charge is 0.371 e. The molecule has 0 radical (unpaired) electrons. The number of hydrogen-bond acceptors (Lipinski definition) is 3. The van der Waals surface area contributed by atoms with Crippen molar-refractivity contribution in [2.75, 3.05) is 24.6 Å². The molecule has 1 atom stereocenters. The second kappa shape index (κ2) is 5.43. The Balaban J connectivity index is 1.82. The minimum absolute atomic E-state index is 0.321. The smallest absolute Gasteiger partial charge is 0.301 e. The monoisotopic (exact) mass is 241 g/mol. The molecule has 88 valence electrons. The van der Waals surface area contributed by atoms with Crippen LogP contribution in [0.25, 0.3) is 0 Å². The van der Waals surface area contributed by atoms with Gasteiger partial charge in [-0.05, 0) is 24.5 Å². The maximum absolute atomic E-state index is 10.3. The first-order valence-corrected chi connectivity index (χ1v) is 6.37. The Hall–Kier alpha value is -0.910. The molecule has 5 heteroatoms. The number of fused-ring (bicyclic) bond motifs is 1. The molecule has 0 aromatic heterocycles. The maximum atomic E-state index is 10.3. The van der Waals surface area contributed by atoms with Crippen LogP contribution in [0.4, 0.5) is 5.69 Å². The van der Waals surface area contributed by atoms with Crippen molar-refractivity contribution in [2.45, 2.75) is 12.8 Å². The number of para-hydroxylation sites is 1. The molecule has 1 N–H and O–H groups in total. The second-order valence-corrected chi connectivity index (χ2v) is 4.43. The van der Waals surface area contributed by atoms with Crippen LogP contribution in [0.15, 0.2) is 24.3 Å². The predicted octanol–water partition coefficient (Wildman–Crippen LogP) is 1.59. The normalized spacial score (nSPS) is 16.2. The fourth-order valence-corrected chi connectivity index (χ4v) is 2.28. The third-order valence-corrected chi connectivity index (χ3v) is 3.11. The zero-order chi connectivity index (χ0) is 11.4. The van der Waals surface area contributed by atoms with Gasteiger partial charge in [-0.15, -0.1) is 0 Å². The summed E-state index contributed by atoms with van der Waals surface area (Å²) in [6.45, 7) is 2.22. The Morgan fingerprint density at radius 2 is 2.25 bits per heavy atom. The van der Waals surface area contributed by atoms with E-state index in [-0.39, 0.29) is 0 Å². The van der Waals surface area contributed by atoms with Crippen molar-refractivity contribution >= 4 is 17.0 Å². The van der Waals surface area contributed by atoms with Crippen LogP contribution in [0.1, 0.15) is 12.0 Å². The first-order valence-electron chi connectivity index (χ1n) is 5.34. The van der Waals surface area contributed by atoms with Crippen molar-refractivity contribution in [1.29, 1.82) is 0 Å². The van der Waals surface area contributed by atoms with Gasteiger partial charge in [0.2, 0.25) is 0 Å². The molecule has 1 aromatic carbocycles. The molecule has 0 spiro atoms. The molecule has 1 aliphatic heterocycles. The number of benzene rings is 1. The Morgan fingerprint density at radius 1 is 1.44 bits per heavy atom. The summed E-state index contributed by atoms with van der Waals surface area (Å²) >= 11 is -2.13. The summed E-state index contributed by atoms with van der Waals surface area (Å²) in [7, 11) is 0. The van der Waals surface area contributed by atoms with E-state index >= 15 is 0 Å². The summed E-state index contributed by atoms with van der Waals surface area (Å²) < 4.78 is 23.3. The summed E-state index contributed by atoms with van der Waals surface area (Å²) in [6, 6.07) is 8.36. The molecule has 0 amide bonds. The zero-order valence-electron chi connectivity index (χ0n) is 8.96. The highest BCUT2D eigenvalue weighted by Gasteiger charge is 2.17. The minimum Gasteiger partial charge on any atom is -0.371 e. The van der Waals surface area contributed by atoms with E-state index in [4.69, 9.17) is 4.55 Å². The molecule has 0 saturated carbocycles. The summed E-state index contributed by atoms with van der Waals surface area (Å²) in [6.07, 6.45) is 1.85. The summed E-state index contributed by atoms with van der Waals surface area (Å²) in [5.41, 5.74) is 2.67. The van der Waals surface area contributed by atoms with Crippen LogP contribution < -0.4 is 4.90 Å². The average molecular weight is 241 g/mol. The van der Waals surface area contributed by atoms with E-state index in [0.29, 0.717) is 6.61 Å². The Kier molecular flexibility index (Phi) is 3.93. The maximum Gasteiger partial charge on any atom is 0.301 e. The van der Waals surface area contributed by atoms with Gasteiger partial charge in [0.15, 0.2) is 0 Å². The summed E-state index contributed by atoms with van der Waals surface area (Å²) in [4.78, 5) is 2.29. The molecule has 1 unspecified atom stereocenters. The lowest BCUT2D eigenvalue weighted by Crippen LogP contribution is -2.22. The molecule has 2 rings (SSSR count). The number of rotatable bonds is 5. The first kappa shape index (κ1) is 11.6. The van der Waals surface area contributed by atoms with Crippen molar-refractivity contribution in [2.24, 2.45) is 0 Å². The van der Waals surface area contributed by atoms with Crippen molar-refractivity contribution in [3.05, 3.63) is 29.8 Å². The van der Waals surface area contributed by atoms with Gasteiger partial charge in [-0.25, -0.2) is 0 Å². The molecule has 0 aliphatic carbocycles. The molecule has 0 saturated heterocycles. The molecule has 1 aliphatic rings. The van der Waals surface area contributed by atoms with E-state index in [1.807, 2.05) is 6.07 Å². The van der Waals surface area contributed by atoms with Gasteiger partial charge in [0, 0.05) is 18.8 Å². The third-order valence-electron chi connectivity index (χ3n) is 2.74. The lowest BCUT2D eigenvalue weighted by Gasteiger charge is -2.18. The second-order valence-electron chi connectivity index (χ2n) is 3.76. The molecule has 16 heavy (non-hydrogen) atoms. The Morgan fingerprint density at radius 3 is 3.06 bits per heavy atom. The molecule has 0 fully saturated rings. The quantitative estimate of drug-likeness (QED) is 0.628. The average Bonchev–Trinajstić information content (AvgIpc) is 2.68. The van der Waals surface area contributed by atoms with Crippen LogP contribution in [0, 0.1) is 0 Å². The van der Waals surface area contributed by atoms with Crippen molar-refractivity contribution < 1.29 is 12.9 Å². The van der Waals surface area contributed by atoms with E-state index in [0.717, 1.165) is 25.9 Å². The highest BCUT2D eigenvalue weighted by Crippen LogP contribution is 2.27. The molecule has 1 heterocycles. The van der Waals surface area contributed by atoms with Gasteiger partial charge in [0.05, 0.1) is 6.61 Å². The SMILES string of the molecule is O=S(O)OCCCN1CCc2ccccc21. The highest BCUT2D eigenvalue weighted by molar-refractivity contribution is 7.74. The fraction of sp³-hybridized carbons (Fsp3) is 0.455. The Bertz CT molecular complexity index is 383. The van der Waals surface area contributed by atoms with Crippen LogP contribution in [0.3, 0.4) is 0 Å². The molecule has 4 nitrogen and oxygen atoms in total. The summed E-state index contributed by atoms with van der Waals surface area (Å²) in [5.74, 6) is 0. The fourth-order valence-electron chi connectivity index (χ4n) is 2.02. The first-order chi connectivity index (χ1) is 7.77. The van der Waals surface area contributed by atoms with Crippen LogP contribution in [0.5, 0.6) is 0 Å². The lowest BCUT2D eigenvalue weighted by atomic mass is 10.2. The molecular formula is C11H15NO3S. The van der Waals surface area contributed by atoms with Gasteiger partial charge >= 0.3 is 11.4 Å². The van der Waals surface area contributed by atoms with E-state index in [2.05, 4.69) is 27.3 Å². The van der Waals surface area contributed by atoms with Gasteiger partial charge in [0.25, 0.3) is 0 Å². The molecule has 1 aromatic rings. The van der Waals surface area contributed by atoms with E-state index in [1.54, 1.807) is 0 Å². The number of hydrogen-bond donors (Lipinski definition) is 1. The topological polar surface area (TPSA) is 49.8 Å². The minimum atomic E-state index is -2.13. The van der Waals surface area contributed by atoms with Gasteiger partial charge < -0.3 is 4.90 Å². The van der Waals surface area contributed by atoms with Crippen LogP contribution in [0.2, 0.25) is 0 Å². The standard InChI is InChI=1S/C11H15NO3S/c13-16(14)15-9-3-7-12-8-6-10-4-1-2-5-11(10)12/h1-2,4-5H,3,6-9H2,(H,13,14). The number of nitrogens with zero attached hydrogens (tertiary/aromatic N) is 1. The van der Waals surface area contributed by atoms with Crippen LogP contribution >= 0.6 is 0 Å². The number of anilines is 1. The molecular weight excluding hydrogens is 226 g/mol. The zero-order valence-corrected chi connectivity index (χ0v) is 9.78. The van der Waals surface area contributed by atoms with Gasteiger partial charge in [-0.2, -0.15) is 4.21 Å². The van der Waals surface area contributed by atoms with E-state index in [1.165, 1.54) is 11.3 Å². The van der Waals surface area contributed by atoms with Crippen LogP contribution in [-0.4, -0.2) is 28.5 Å². The lowest BCUT2D eigenvalue weighted by molar-refractivity contribution is 0.302. The van der Waals surface area contributed by atoms with Crippen molar-refractivity contribution in [1.82, 2.24) is 0 Å². The summed E-state index contributed by atoms with van der Waals surface area (Å²) in [5, 5.41) is 0. The van der Waals surface area contributed by atoms with E-state index in [9.17, 15) is 4.21 Å². The van der Waals surface area contributed by atoms with Gasteiger partial charge in [-0.3, -0.25) is 8.74 Å². The predicted molar refractivity (Wildman–Crippen MR) is 63.7 cm³/mol. The van der Waals surface area contributed by atoms with E-state index < -0.39 is 11.4 Å². The Labute approximate surface area is 97.7 Å². The van der Waals surface area contributed by atoms with Gasteiger partial charge in [0.1, 0.15) is 0 Å². The third kappa shape index (κ3) is 2.81. The van der Waals surface area contributed by atoms with Crippen molar-refractivity contribution in [3.8, 4) is 0 Å². The van der Waals surface area contributed by atoms with Crippen LogP contribution in [-0.2, 0) is 22.0 Å².